The summed E-state index contributed by atoms with van der Waals surface area (Å²) in [5, 5.41) is 6.91. The molecule has 28 heavy (non-hydrogen) atoms. The van der Waals surface area contributed by atoms with Crippen molar-refractivity contribution in [2.75, 3.05) is 11.9 Å². The molecule has 0 saturated heterocycles. The van der Waals surface area contributed by atoms with Crippen LogP contribution in [-0.2, 0) is 6.54 Å². The molecule has 1 aromatic heterocycles. The van der Waals surface area contributed by atoms with Crippen molar-refractivity contribution in [3.63, 3.8) is 0 Å². The third-order valence-corrected chi connectivity index (χ3v) is 3.85. The van der Waals surface area contributed by atoms with Crippen LogP contribution in [0.4, 0.5) is 19.0 Å². The molecule has 3 aromatic rings. The van der Waals surface area contributed by atoms with Gasteiger partial charge in [-0.25, -0.2) is 0 Å². The van der Waals surface area contributed by atoms with E-state index in [4.69, 9.17) is 0 Å². The van der Waals surface area contributed by atoms with Crippen LogP contribution in [0.2, 0.25) is 0 Å². The van der Waals surface area contributed by atoms with E-state index in [-0.39, 0.29) is 11.3 Å². The molecule has 2 aromatic carbocycles. The van der Waals surface area contributed by atoms with Crippen LogP contribution in [0.5, 0.6) is 5.75 Å². The Kier molecular flexibility index (Phi) is 5.67. The zero-order valence-corrected chi connectivity index (χ0v) is 15.0. The van der Waals surface area contributed by atoms with Crippen molar-refractivity contribution in [1.29, 1.82) is 0 Å². The van der Waals surface area contributed by atoms with Crippen LogP contribution >= 0.6 is 0 Å². The van der Waals surface area contributed by atoms with Crippen molar-refractivity contribution in [2.24, 2.45) is 0 Å². The van der Waals surface area contributed by atoms with E-state index in [0.717, 1.165) is 5.56 Å². The highest BCUT2D eigenvalue weighted by molar-refractivity contribution is 6.03. The molecule has 0 aliphatic carbocycles. The second-order valence-electron chi connectivity index (χ2n) is 6.27. The Morgan fingerprint density at radius 3 is 2.61 bits per heavy atom. The Morgan fingerprint density at radius 2 is 1.89 bits per heavy atom. The predicted molar refractivity (Wildman–Crippen MR) is 98.5 cm³/mol. The van der Waals surface area contributed by atoms with Gasteiger partial charge in [-0.1, -0.05) is 35.9 Å². The number of carbonyl (C=O) groups is 1. The fourth-order valence-corrected chi connectivity index (χ4v) is 2.48. The Bertz CT molecular complexity index is 950. The first kappa shape index (κ1) is 19.5. The SMILES string of the molecule is Cc1ccc(Cn2ccc(NC(=O)c3cccc(OCC(F)(F)F)c3)n2)cc1. The van der Waals surface area contributed by atoms with E-state index in [0.29, 0.717) is 12.4 Å². The highest BCUT2D eigenvalue weighted by Crippen LogP contribution is 2.20. The third-order valence-electron chi connectivity index (χ3n) is 3.85. The first-order valence-electron chi connectivity index (χ1n) is 8.48. The van der Waals surface area contributed by atoms with Gasteiger partial charge in [0.25, 0.3) is 5.91 Å². The standard InChI is InChI=1S/C20H18F3N3O2/c1-14-5-7-15(8-6-14)12-26-10-9-18(25-26)24-19(27)16-3-2-4-17(11-16)28-13-20(21,22)23/h2-11H,12-13H2,1H3,(H,24,25,27). The number of amides is 1. The molecule has 1 heterocycles. The largest absolute Gasteiger partial charge is 0.484 e. The Hall–Kier alpha value is -3.29. The zero-order chi connectivity index (χ0) is 20.1. The smallest absolute Gasteiger partial charge is 0.422 e. The molecule has 146 valence electrons. The predicted octanol–water partition coefficient (Wildman–Crippen LogP) is 4.43. The molecule has 0 bridgehead atoms. The van der Waals surface area contributed by atoms with Gasteiger partial charge in [0.05, 0.1) is 6.54 Å². The van der Waals surface area contributed by atoms with Gasteiger partial charge in [0.1, 0.15) is 5.75 Å². The number of alkyl halides is 3. The molecule has 0 aliphatic heterocycles. The summed E-state index contributed by atoms with van der Waals surface area (Å²) in [5.41, 5.74) is 2.41. The van der Waals surface area contributed by atoms with Crippen LogP contribution in [0.3, 0.4) is 0 Å². The lowest BCUT2D eigenvalue weighted by molar-refractivity contribution is -0.153. The minimum Gasteiger partial charge on any atom is -0.484 e. The molecule has 0 saturated carbocycles. The van der Waals surface area contributed by atoms with Crippen molar-refractivity contribution in [3.05, 3.63) is 77.5 Å². The molecule has 0 unspecified atom stereocenters. The first-order valence-corrected chi connectivity index (χ1v) is 8.48. The van der Waals surface area contributed by atoms with Crippen molar-refractivity contribution < 1.29 is 22.7 Å². The van der Waals surface area contributed by atoms with Gasteiger partial charge in [0.15, 0.2) is 12.4 Å². The number of ether oxygens (including phenoxy) is 1. The Balaban J connectivity index is 1.62. The van der Waals surface area contributed by atoms with Crippen molar-refractivity contribution in [2.45, 2.75) is 19.6 Å². The van der Waals surface area contributed by atoms with E-state index >= 15 is 0 Å². The van der Waals surface area contributed by atoms with Gasteiger partial charge in [-0.2, -0.15) is 18.3 Å². The maximum atomic E-state index is 12.3. The minimum absolute atomic E-state index is 0.0325. The van der Waals surface area contributed by atoms with Crippen LogP contribution < -0.4 is 10.1 Å². The van der Waals surface area contributed by atoms with Gasteiger partial charge in [0, 0.05) is 17.8 Å². The van der Waals surface area contributed by atoms with Crippen LogP contribution in [-0.4, -0.2) is 28.5 Å². The van der Waals surface area contributed by atoms with Crippen molar-refractivity contribution in [1.82, 2.24) is 9.78 Å². The topological polar surface area (TPSA) is 56.2 Å². The van der Waals surface area contributed by atoms with Crippen LogP contribution in [0.25, 0.3) is 0 Å². The van der Waals surface area contributed by atoms with E-state index in [9.17, 15) is 18.0 Å². The number of aryl methyl sites for hydroxylation is 1. The van der Waals surface area contributed by atoms with E-state index in [1.54, 1.807) is 16.9 Å². The van der Waals surface area contributed by atoms with Gasteiger partial charge >= 0.3 is 6.18 Å². The summed E-state index contributed by atoms with van der Waals surface area (Å²) in [6.45, 7) is 1.15. The summed E-state index contributed by atoms with van der Waals surface area (Å²) in [5.74, 6) is -0.174. The molecular weight excluding hydrogens is 371 g/mol. The van der Waals surface area contributed by atoms with Crippen LogP contribution in [0.1, 0.15) is 21.5 Å². The normalized spacial score (nSPS) is 11.3. The maximum Gasteiger partial charge on any atom is 0.422 e. The van der Waals surface area contributed by atoms with Crippen molar-refractivity contribution >= 4 is 11.7 Å². The number of anilines is 1. The lowest BCUT2D eigenvalue weighted by atomic mass is 10.1. The first-order chi connectivity index (χ1) is 13.3. The number of hydrogen-bond donors (Lipinski definition) is 1. The van der Waals surface area contributed by atoms with Gasteiger partial charge in [-0.05, 0) is 30.7 Å². The lowest BCUT2D eigenvalue weighted by Crippen LogP contribution is -2.19. The van der Waals surface area contributed by atoms with E-state index < -0.39 is 18.7 Å². The van der Waals surface area contributed by atoms with Crippen molar-refractivity contribution in [3.8, 4) is 5.75 Å². The van der Waals surface area contributed by atoms with Gasteiger partial charge in [-0.3, -0.25) is 9.48 Å². The fraction of sp³-hybridized carbons (Fsp3) is 0.200. The maximum absolute atomic E-state index is 12.3. The zero-order valence-electron chi connectivity index (χ0n) is 15.0. The molecule has 0 radical (unpaired) electrons. The van der Waals surface area contributed by atoms with Crippen LogP contribution in [0.15, 0.2) is 60.8 Å². The number of rotatable bonds is 6. The number of aromatic nitrogens is 2. The van der Waals surface area contributed by atoms with Gasteiger partial charge < -0.3 is 10.1 Å². The van der Waals surface area contributed by atoms with E-state index in [2.05, 4.69) is 15.2 Å². The Morgan fingerprint density at radius 1 is 1.14 bits per heavy atom. The molecule has 3 rings (SSSR count). The molecule has 5 nitrogen and oxygen atoms in total. The fourth-order valence-electron chi connectivity index (χ4n) is 2.48. The Labute approximate surface area is 159 Å². The quantitative estimate of drug-likeness (QED) is 0.678. The molecule has 1 amide bonds. The van der Waals surface area contributed by atoms with E-state index in [1.807, 2.05) is 31.2 Å². The summed E-state index contributed by atoms with van der Waals surface area (Å²) in [4.78, 5) is 12.3. The third kappa shape index (κ3) is 5.60. The molecular formula is C20H18F3N3O2. The molecule has 0 spiro atoms. The van der Waals surface area contributed by atoms with Crippen LogP contribution in [0, 0.1) is 6.92 Å². The number of hydrogen-bond acceptors (Lipinski definition) is 3. The lowest BCUT2D eigenvalue weighted by Gasteiger charge is -2.10. The molecule has 0 aliphatic rings. The second-order valence-corrected chi connectivity index (χ2v) is 6.27. The highest BCUT2D eigenvalue weighted by Gasteiger charge is 2.28. The second kappa shape index (κ2) is 8.16. The van der Waals surface area contributed by atoms with Gasteiger partial charge in [-0.15, -0.1) is 0 Å². The molecule has 0 atom stereocenters. The highest BCUT2D eigenvalue weighted by atomic mass is 19.4. The number of benzene rings is 2. The average Bonchev–Trinajstić information content (AvgIpc) is 3.08. The summed E-state index contributed by atoms with van der Waals surface area (Å²) in [6.07, 6.45) is -2.71. The molecule has 0 fully saturated rings. The average molecular weight is 389 g/mol. The number of carbonyl (C=O) groups excluding carboxylic acids is 1. The molecule has 8 heteroatoms. The summed E-state index contributed by atoms with van der Waals surface area (Å²) in [6, 6.07) is 15.2. The summed E-state index contributed by atoms with van der Waals surface area (Å²) >= 11 is 0. The number of halogens is 3. The number of nitrogens with one attached hydrogen (secondary N) is 1. The monoisotopic (exact) mass is 389 g/mol. The molecule has 1 N–H and O–H groups in total. The minimum atomic E-state index is -4.44. The summed E-state index contributed by atoms with van der Waals surface area (Å²) in [7, 11) is 0. The van der Waals surface area contributed by atoms with Gasteiger partial charge in [0.2, 0.25) is 0 Å². The summed E-state index contributed by atoms with van der Waals surface area (Å²) < 4.78 is 43.1. The number of nitrogens with zero attached hydrogens (tertiary/aromatic N) is 2. The van der Waals surface area contributed by atoms with E-state index in [1.165, 1.54) is 29.8 Å².